The van der Waals surface area contributed by atoms with E-state index in [4.69, 9.17) is 11.6 Å². The summed E-state index contributed by atoms with van der Waals surface area (Å²) in [4.78, 5) is 8.08. The van der Waals surface area contributed by atoms with Gasteiger partial charge in [0.15, 0.2) is 0 Å². The number of hydrogen-bond donors (Lipinski definition) is 1. The summed E-state index contributed by atoms with van der Waals surface area (Å²) in [6, 6.07) is 6.70. The molecular weight excluding hydrogens is 335 g/mol. The van der Waals surface area contributed by atoms with Crippen LogP contribution in [-0.2, 0) is 11.4 Å². The van der Waals surface area contributed by atoms with Gasteiger partial charge in [0, 0.05) is 18.9 Å². The van der Waals surface area contributed by atoms with Crippen molar-refractivity contribution in [3.05, 3.63) is 53.1 Å². The molecule has 0 bridgehead atoms. The van der Waals surface area contributed by atoms with Gasteiger partial charge in [-0.1, -0.05) is 29.4 Å². The first-order chi connectivity index (χ1) is 10.8. The summed E-state index contributed by atoms with van der Waals surface area (Å²) in [6.45, 7) is 0.481. The zero-order valence-corrected chi connectivity index (χ0v) is 12.3. The number of halogens is 4. The summed E-state index contributed by atoms with van der Waals surface area (Å²) < 4.78 is 39.8. The maximum absolute atomic E-state index is 12.7. The molecule has 23 heavy (non-hydrogen) atoms. The van der Waals surface area contributed by atoms with E-state index in [2.05, 4.69) is 15.0 Å². The summed E-state index contributed by atoms with van der Waals surface area (Å²) in [7, 11) is 0. The Kier molecular flexibility index (Phi) is 3.81. The van der Waals surface area contributed by atoms with Crippen LogP contribution in [0.25, 0.3) is 0 Å². The summed E-state index contributed by atoms with van der Waals surface area (Å²) in [5.41, 5.74) is 1.38. The van der Waals surface area contributed by atoms with Crippen LogP contribution in [0.15, 0.2) is 41.8 Å². The maximum atomic E-state index is 12.7. The SMILES string of the molecule is OC1(C(F)(F)F)CC(c2ccc(Cn3ccnc3Cl)cc2)=NO1. The molecule has 1 unspecified atom stereocenters. The lowest BCUT2D eigenvalue weighted by Gasteiger charge is -2.22. The number of aliphatic hydroxyl groups is 1. The first-order valence-electron chi connectivity index (χ1n) is 6.59. The van der Waals surface area contributed by atoms with Gasteiger partial charge in [-0.2, -0.15) is 13.2 Å². The largest absolute Gasteiger partial charge is 0.458 e. The second-order valence-electron chi connectivity index (χ2n) is 5.11. The topological polar surface area (TPSA) is 59.6 Å². The van der Waals surface area contributed by atoms with Crippen LogP contribution in [0.4, 0.5) is 13.2 Å². The van der Waals surface area contributed by atoms with Crippen LogP contribution in [0.3, 0.4) is 0 Å². The Labute approximate surface area is 134 Å². The Morgan fingerprint density at radius 1 is 1.30 bits per heavy atom. The molecule has 0 amide bonds. The maximum Gasteiger partial charge on any atom is 0.458 e. The van der Waals surface area contributed by atoms with E-state index in [-0.39, 0.29) is 5.71 Å². The molecule has 1 aliphatic heterocycles. The van der Waals surface area contributed by atoms with Crippen LogP contribution in [0.1, 0.15) is 17.5 Å². The van der Waals surface area contributed by atoms with Crippen LogP contribution in [0.2, 0.25) is 5.28 Å². The van der Waals surface area contributed by atoms with Crippen molar-refractivity contribution in [2.45, 2.75) is 24.9 Å². The van der Waals surface area contributed by atoms with Crippen molar-refractivity contribution in [1.29, 1.82) is 0 Å². The Morgan fingerprint density at radius 3 is 2.52 bits per heavy atom. The van der Waals surface area contributed by atoms with Gasteiger partial charge in [0.1, 0.15) is 0 Å². The van der Waals surface area contributed by atoms with Crippen LogP contribution < -0.4 is 0 Å². The first kappa shape index (κ1) is 15.8. The molecule has 5 nitrogen and oxygen atoms in total. The molecule has 0 saturated heterocycles. The molecule has 0 fully saturated rings. The number of alkyl halides is 3. The molecule has 1 aromatic heterocycles. The van der Waals surface area contributed by atoms with Crippen LogP contribution in [0.5, 0.6) is 0 Å². The van der Waals surface area contributed by atoms with Gasteiger partial charge in [-0.25, -0.2) is 4.98 Å². The molecule has 0 spiro atoms. The third-order valence-corrected chi connectivity index (χ3v) is 3.78. The van der Waals surface area contributed by atoms with Gasteiger partial charge in [0.05, 0.1) is 12.1 Å². The van der Waals surface area contributed by atoms with Crippen LogP contribution >= 0.6 is 11.6 Å². The van der Waals surface area contributed by atoms with Crippen molar-refractivity contribution in [1.82, 2.24) is 9.55 Å². The average Bonchev–Trinajstić information content (AvgIpc) is 3.07. The smallest absolute Gasteiger partial charge is 0.350 e. The zero-order valence-electron chi connectivity index (χ0n) is 11.6. The molecule has 1 aliphatic rings. The highest BCUT2D eigenvalue weighted by atomic mass is 35.5. The number of hydrogen-bond acceptors (Lipinski definition) is 4. The van der Waals surface area contributed by atoms with Gasteiger partial charge < -0.3 is 14.5 Å². The molecule has 1 aromatic carbocycles. The van der Waals surface area contributed by atoms with Gasteiger partial charge in [-0.05, 0) is 22.7 Å². The Hall–Kier alpha value is -2.06. The number of oxime groups is 1. The van der Waals surface area contributed by atoms with Crippen molar-refractivity contribution >= 4 is 17.3 Å². The third kappa shape index (κ3) is 3.04. The second kappa shape index (κ2) is 5.54. The molecule has 2 heterocycles. The van der Waals surface area contributed by atoms with E-state index >= 15 is 0 Å². The standard InChI is InChI=1S/C14H11ClF3N3O2/c15-12-19-5-6-21(12)8-9-1-3-10(4-2-9)11-7-13(22,23-20-11)14(16,17)18/h1-6,22H,7-8H2. The highest BCUT2D eigenvalue weighted by molar-refractivity contribution is 6.28. The molecule has 0 aliphatic carbocycles. The zero-order chi connectivity index (χ0) is 16.7. The van der Waals surface area contributed by atoms with E-state index in [0.717, 1.165) is 5.56 Å². The number of rotatable bonds is 3. The average molecular weight is 346 g/mol. The molecule has 9 heteroatoms. The highest BCUT2D eigenvalue weighted by Crippen LogP contribution is 2.38. The Morgan fingerprint density at radius 2 is 2.00 bits per heavy atom. The van der Waals surface area contributed by atoms with E-state index < -0.39 is 18.4 Å². The van der Waals surface area contributed by atoms with Crippen molar-refractivity contribution < 1.29 is 23.1 Å². The number of benzene rings is 1. The molecule has 0 radical (unpaired) electrons. The molecule has 1 N–H and O–H groups in total. The van der Waals surface area contributed by atoms with Crippen LogP contribution in [0, 0.1) is 0 Å². The van der Waals surface area contributed by atoms with Gasteiger partial charge in [0.25, 0.3) is 0 Å². The second-order valence-corrected chi connectivity index (χ2v) is 5.45. The van der Waals surface area contributed by atoms with E-state index in [1.54, 1.807) is 41.2 Å². The lowest BCUT2D eigenvalue weighted by molar-refractivity contribution is -0.355. The normalized spacial score (nSPS) is 21.2. The van der Waals surface area contributed by atoms with Crippen molar-refractivity contribution in [3.63, 3.8) is 0 Å². The van der Waals surface area contributed by atoms with Gasteiger partial charge in [-0.15, -0.1) is 0 Å². The van der Waals surface area contributed by atoms with Crippen molar-refractivity contribution in [3.8, 4) is 0 Å². The van der Waals surface area contributed by atoms with Crippen molar-refractivity contribution in [2.75, 3.05) is 0 Å². The minimum absolute atomic E-state index is 0.0389. The van der Waals surface area contributed by atoms with E-state index in [1.807, 2.05) is 0 Å². The summed E-state index contributed by atoms with van der Waals surface area (Å²) in [5.74, 6) is -3.26. The fourth-order valence-corrected chi connectivity index (χ4v) is 2.33. The third-order valence-electron chi connectivity index (χ3n) is 3.46. The summed E-state index contributed by atoms with van der Waals surface area (Å²) in [6.07, 6.45) is -2.37. The van der Waals surface area contributed by atoms with Crippen molar-refractivity contribution in [2.24, 2.45) is 5.16 Å². The number of nitrogens with zero attached hydrogens (tertiary/aromatic N) is 3. The molecule has 0 saturated carbocycles. The Bertz CT molecular complexity index is 742. The monoisotopic (exact) mass is 345 g/mol. The molecular formula is C14H11ClF3N3O2. The molecule has 3 rings (SSSR count). The highest BCUT2D eigenvalue weighted by Gasteiger charge is 2.60. The van der Waals surface area contributed by atoms with Gasteiger partial charge in [0.2, 0.25) is 5.28 Å². The predicted molar refractivity (Wildman–Crippen MR) is 76.0 cm³/mol. The number of aromatic nitrogens is 2. The minimum atomic E-state index is -4.91. The van der Waals surface area contributed by atoms with E-state index in [0.29, 0.717) is 17.4 Å². The van der Waals surface area contributed by atoms with Crippen LogP contribution in [-0.4, -0.2) is 32.3 Å². The Balaban J connectivity index is 1.73. The summed E-state index contributed by atoms with van der Waals surface area (Å²) in [5, 5.41) is 13.1. The quantitative estimate of drug-likeness (QED) is 0.930. The van der Waals surface area contributed by atoms with Gasteiger partial charge in [-0.3, -0.25) is 0 Å². The van der Waals surface area contributed by atoms with E-state index in [9.17, 15) is 18.3 Å². The van der Waals surface area contributed by atoms with E-state index in [1.165, 1.54) is 0 Å². The predicted octanol–water partition coefficient (Wildman–Crippen LogP) is 2.96. The molecule has 122 valence electrons. The van der Waals surface area contributed by atoms with Gasteiger partial charge >= 0.3 is 12.0 Å². The molecule has 2 aromatic rings. The lowest BCUT2D eigenvalue weighted by atomic mass is 10.0. The summed E-state index contributed by atoms with van der Waals surface area (Å²) >= 11 is 5.88. The fourth-order valence-electron chi connectivity index (χ4n) is 2.16. The first-order valence-corrected chi connectivity index (χ1v) is 6.96. The fraction of sp³-hybridized carbons (Fsp3) is 0.286. The lowest BCUT2D eigenvalue weighted by Crippen LogP contribution is -2.45. The number of imidazole rings is 1. The molecule has 1 atom stereocenters. The minimum Gasteiger partial charge on any atom is -0.350 e.